The highest BCUT2D eigenvalue weighted by molar-refractivity contribution is 6.31. The first kappa shape index (κ1) is 40.2. The van der Waals surface area contributed by atoms with Crippen LogP contribution in [-0.4, -0.2) is 55.2 Å². The summed E-state index contributed by atoms with van der Waals surface area (Å²) in [5.74, 6) is -13.2. The highest BCUT2D eigenvalue weighted by atomic mass is 35.5. The van der Waals surface area contributed by atoms with Crippen LogP contribution in [0.25, 0.3) is 0 Å². The topological polar surface area (TPSA) is 111 Å². The number of benzene rings is 3. The van der Waals surface area contributed by atoms with Gasteiger partial charge in [-0.05, 0) is 72.0 Å². The number of ketones is 2. The SMILES string of the molecule is COc1ccc([C@H](NC(=O)[C@@H](Cc2cccc(Cl)c2)Oc2cc(C)cc(Cl)c2)C(=O)C[C@H](C(=O)C(F)(F)C(=O)NCC(F)(F)F)C(C)C)cc1. The number of halogens is 7. The van der Waals surface area contributed by atoms with Crippen LogP contribution < -0.4 is 20.1 Å². The first-order chi connectivity index (χ1) is 23.3. The maximum Gasteiger partial charge on any atom is 0.405 e. The molecule has 15 heteroatoms. The van der Waals surface area contributed by atoms with Crippen LogP contribution in [0.2, 0.25) is 10.0 Å². The molecular formula is C35H35Cl2F5N2O6. The molecule has 270 valence electrons. The van der Waals surface area contributed by atoms with Gasteiger partial charge < -0.3 is 20.1 Å². The fourth-order valence-electron chi connectivity index (χ4n) is 4.98. The standard InChI is InChI=1S/C35H35Cl2F5N2O6/c1-19(2)27(31(46)35(41,42)33(48)43-18-34(38,39)40)17-28(45)30(22-8-10-25(49-4)11-9-22)44-32(47)29(15-21-6-5-7-23(36)14-21)50-26-13-20(3)12-24(37)16-26/h5-14,16,19,27,29-30H,15,17-18H2,1-4H3,(H,43,48)(H,44,47)/t27-,29+,30-/m0/s1. The second-order valence-electron chi connectivity index (χ2n) is 11.9. The van der Waals surface area contributed by atoms with E-state index in [-0.39, 0.29) is 17.7 Å². The Morgan fingerprint density at radius 3 is 2.08 bits per heavy atom. The molecule has 2 N–H and O–H groups in total. The molecule has 0 aliphatic rings. The van der Waals surface area contributed by atoms with Gasteiger partial charge in [-0.2, -0.15) is 22.0 Å². The third-order valence-electron chi connectivity index (χ3n) is 7.56. The van der Waals surface area contributed by atoms with Crippen molar-refractivity contribution < 1.29 is 50.6 Å². The van der Waals surface area contributed by atoms with Gasteiger partial charge in [0.15, 0.2) is 11.9 Å². The number of carbonyl (C=O) groups is 4. The van der Waals surface area contributed by atoms with Crippen molar-refractivity contribution >= 4 is 46.6 Å². The molecule has 0 saturated heterocycles. The second kappa shape index (κ2) is 17.1. The molecule has 3 atom stereocenters. The van der Waals surface area contributed by atoms with Gasteiger partial charge in [-0.3, -0.25) is 19.2 Å². The molecular weight excluding hydrogens is 710 g/mol. The number of nitrogens with one attached hydrogen (secondary N) is 2. The van der Waals surface area contributed by atoms with E-state index in [1.807, 2.05) is 0 Å². The molecule has 3 aromatic carbocycles. The molecule has 0 fully saturated rings. The van der Waals surface area contributed by atoms with Gasteiger partial charge in [-0.1, -0.05) is 61.3 Å². The number of rotatable bonds is 16. The Morgan fingerprint density at radius 1 is 0.860 bits per heavy atom. The number of hydrogen-bond donors (Lipinski definition) is 2. The zero-order valence-electron chi connectivity index (χ0n) is 27.4. The number of alkyl halides is 5. The van der Waals surface area contributed by atoms with Crippen molar-refractivity contribution in [2.75, 3.05) is 13.7 Å². The maximum absolute atomic E-state index is 14.9. The summed E-state index contributed by atoms with van der Waals surface area (Å²) in [6.07, 6.45) is -7.23. The summed E-state index contributed by atoms with van der Waals surface area (Å²) in [4.78, 5) is 52.9. The van der Waals surface area contributed by atoms with E-state index >= 15 is 0 Å². The van der Waals surface area contributed by atoms with Gasteiger partial charge in [0.1, 0.15) is 24.1 Å². The molecule has 0 heterocycles. The minimum Gasteiger partial charge on any atom is -0.497 e. The number of methoxy groups -OCH3 is 1. The molecule has 0 aliphatic heterocycles. The molecule has 0 saturated carbocycles. The average molecular weight is 746 g/mol. The van der Waals surface area contributed by atoms with Crippen molar-refractivity contribution in [1.82, 2.24) is 10.6 Å². The van der Waals surface area contributed by atoms with Gasteiger partial charge in [0.2, 0.25) is 5.78 Å². The number of amides is 2. The number of carbonyl (C=O) groups excluding carboxylic acids is 4. The fourth-order valence-corrected chi connectivity index (χ4v) is 5.48. The van der Waals surface area contributed by atoms with Crippen LogP contribution in [0.15, 0.2) is 66.7 Å². The van der Waals surface area contributed by atoms with Crippen molar-refractivity contribution in [3.8, 4) is 11.5 Å². The Balaban J connectivity index is 1.97. The van der Waals surface area contributed by atoms with Gasteiger partial charge in [0.25, 0.3) is 11.8 Å². The molecule has 0 radical (unpaired) electrons. The predicted octanol–water partition coefficient (Wildman–Crippen LogP) is 7.27. The Kier molecular flexibility index (Phi) is 13.8. The molecule has 0 unspecified atom stereocenters. The minimum absolute atomic E-state index is 0.0339. The second-order valence-corrected chi connectivity index (χ2v) is 12.7. The van der Waals surface area contributed by atoms with Crippen molar-refractivity contribution in [2.24, 2.45) is 11.8 Å². The Labute approximate surface area is 295 Å². The Morgan fingerprint density at radius 2 is 1.52 bits per heavy atom. The summed E-state index contributed by atoms with van der Waals surface area (Å²) >= 11 is 12.4. The fraction of sp³-hybridized carbons (Fsp3) is 0.371. The lowest BCUT2D eigenvalue weighted by atomic mass is 9.82. The number of Topliss-reactive ketones (excluding diaryl/α,β-unsaturated/α-hetero) is 2. The van der Waals surface area contributed by atoms with Crippen molar-refractivity contribution in [2.45, 2.75) is 57.9 Å². The van der Waals surface area contributed by atoms with E-state index in [4.69, 9.17) is 32.7 Å². The lowest BCUT2D eigenvalue weighted by Gasteiger charge is -2.27. The molecule has 8 nitrogen and oxygen atoms in total. The van der Waals surface area contributed by atoms with Gasteiger partial charge in [-0.15, -0.1) is 0 Å². The van der Waals surface area contributed by atoms with E-state index in [1.54, 1.807) is 43.3 Å². The third-order valence-corrected chi connectivity index (χ3v) is 8.01. The molecule has 50 heavy (non-hydrogen) atoms. The van der Waals surface area contributed by atoms with E-state index in [1.165, 1.54) is 51.3 Å². The Bertz CT molecular complexity index is 1660. The monoisotopic (exact) mass is 744 g/mol. The third kappa shape index (κ3) is 11.4. The quantitative estimate of drug-likeness (QED) is 0.118. The largest absolute Gasteiger partial charge is 0.497 e. The average Bonchev–Trinajstić information content (AvgIpc) is 3.03. The Hall–Kier alpha value is -4.23. The molecule has 2 amide bonds. The molecule has 3 rings (SSSR count). The van der Waals surface area contributed by atoms with Gasteiger partial charge in [0, 0.05) is 28.8 Å². The smallest absolute Gasteiger partial charge is 0.405 e. The highest BCUT2D eigenvalue weighted by Gasteiger charge is 2.52. The van der Waals surface area contributed by atoms with E-state index in [2.05, 4.69) is 5.32 Å². The van der Waals surface area contributed by atoms with Crippen molar-refractivity contribution in [1.29, 1.82) is 0 Å². The van der Waals surface area contributed by atoms with Gasteiger partial charge in [0.05, 0.1) is 7.11 Å². The van der Waals surface area contributed by atoms with Crippen LogP contribution in [0.3, 0.4) is 0 Å². The lowest BCUT2D eigenvalue weighted by Crippen LogP contribution is -2.51. The number of aryl methyl sites for hydroxylation is 1. The summed E-state index contributed by atoms with van der Waals surface area (Å²) in [5, 5.41) is 4.36. The van der Waals surface area contributed by atoms with Gasteiger partial charge >= 0.3 is 12.1 Å². The van der Waals surface area contributed by atoms with Crippen LogP contribution in [-0.2, 0) is 25.6 Å². The first-order valence-corrected chi connectivity index (χ1v) is 16.0. The van der Waals surface area contributed by atoms with E-state index < -0.39 is 72.4 Å². The lowest BCUT2D eigenvalue weighted by molar-refractivity contribution is -0.167. The molecule has 0 spiro atoms. The minimum atomic E-state index is -5.01. The highest BCUT2D eigenvalue weighted by Crippen LogP contribution is 2.31. The van der Waals surface area contributed by atoms with E-state index in [9.17, 15) is 41.1 Å². The van der Waals surface area contributed by atoms with Crippen LogP contribution >= 0.6 is 23.2 Å². The summed E-state index contributed by atoms with van der Waals surface area (Å²) in [5.41, 5.74) is 1.52. The normalized spacial score (nSPS) is 13.6. The molecule has 3 aromatic rings. The zero-order chi connectivity index (χ0) is 37.4. The van der Waals surface area contributed by atoms with Crippen LogP contribution in [0.4, 0.5) is 22.0 Å². The molecule has 0 aromatic heterocycles. The van der Waals surface area contributed by atoms with Crippen LogP contribution in [0, 0.1) is 18.8 Å². The summed E-state index contributed by atoms with van der Waals surface area (Å²) in [6.45, 7) is 2.35. The summed E-state index contributed by atoms with van der Waals surface area (Å²) in [7, 11) is 1.40. The predicted molar refractivity (Wildman–Crippen MR) is 177 cm³/mol. The maximum atomic E-state index is 14.9. The molecule has 0 bridgehead atoms. The first-order valence-electron chi connectivity index (χ1n) is 15.2. The van der Waals surface area contributed by atoms with Crippen LogP contribution in [0.5, 0.6) is 11.5 Å². The number of ether oxygens (including phenoxy) is 2. The van der Waals surface area contributed by atoms with Gasteiger partial charge in [-0.25, -0.2) is 0 Å². The molecule has 0 aliphatic carbocycles. The number of hydrogen-bond acceptors (Lipinski definition) is 6. The zero-order valence-corrected chi connectivity index (χ0v) is 28.9. The van der Waals surface area contributed by atoms with Crippen molar-refractivity contribution in [3.63, 3.8) is 0 Å². The summed E-state index contributed by atoms with van der Waals surface area (Å²) < 4.78 is 78.8. The van der Waals surface area contributed by atoms with Crippen molar-refractivity contribution in [3.05, 3.63) is 93.5 Å². The van der Waals surface area contributed by atoms with Crippen LogP contribution in [0.1, 0.15) is 43.0 Å². The van der Waals surface area contributed by atoms with E-state index in [0.29, 0.717) is 21.4 Å². The summed E-state index contributed by atoms with van der Waals surface area (Å²) in [6, 6.07) is 15.8. The van der Waals surface area contributed by atoms with E-state index in [0.717, 1.165) is 10.9 Å².